The Bertz CT molecular complexity index is 1050. The number of anilines is 1. The summed E-state index contributed by atoms with van der Waals surface area (Å²) in [6.07, 6.45) is 1.80. The number of nitrogens with one attached hydrogen (secondary N) is 1. The molecule has 0 radical (unpaired) electrons. The molecular formula is C24H33N3O5S. The first-order valence-corrected chi connectivity index (χ1v) is 12.7. The van der Waals surface area contributed by atoms with Gasteiger partial charge >= 0.3 is 0 Å². The lowest BCUT2D eigenvalue weighted by Gasteiger charge is -2.31. The van der Waals surface area contributed by atoms with E-state index in [1.54, 1.807) is 31.2 Å². The molecule has 2 aromatic rings. The molecule has 0 aliphatic heterocycles. The molecule has 0 saturated carbocycles. The molecule has 33 heavy (non-hydrogen) atoms. The first kappa shape index (κ1) is 26.2. The van der Waals surface area contributed by atoms with E-state index in [1.807, 2.05) is 38.1 Å². The molecule has 1 atom stereocenters. The van der Waals surface area contributed by atoms with E-state index in [9.17, 15) is 18.0 Å². The monoisotopic (exact) mass is 475 g/mol. The Morgan fingerprint density at radius 2 is 1.73 bits per heavy atom. The topological polar surface area (TPSA) is 96.0 Å². The van der Waals surface area contributed by atoms with Crippen LogP contribution in [0.2, 0.25) is 0 Å². The second-order valence-corrected chi connectivity index (χ2v) is 9.82. The van der Waals surface area contributed by atoms with Crippen molar-refractivity contribution in [1.29, 1.82) is 0 Å². The highest BCUT2D eigenvalue weighted by Gasteiger charge is 2.30. The number of rotatable bonds is 11. The van der Waals surface area contributed by atoms with E-state index in [0.29, 0.717) is 12.3 Å². The number of carbonyl (C=O) groups excluding carboxylic acids is 2. The molecule has 2 aromatic carbocycles. The lowest BCUT2D eigenvalue weighted by Crippen LogP contribution is -2.51. The van der Waals surface area contributed by atoms with Gasteiger partial charge in [-0.05, 0) is 38.0 Å². The lowest BCUT2D eigenvalue weighted by atomic mass is 10.1. The summed E-state index contributed by atoms with van der Waals surface area (Å²) in [6, 6.07) is 13.4. The molecule has 0 aliphatic carbocycles. The third-order valence-electron chi connectivity index (χ3n) is 5.22. The molecule has 0 bridgehead atoms. The Labute approximate surface area is 196 Å². The molecule has 0 fully saturated rings. The molecule has 9 heteroatoms. The molecule has 0 spiro atoms. The van der Waals surface area contributed by atoms with E-state index in [-0.39, 0.29) is 18.1 Å². The van der Waals surface area contributed by atoms with Gasteiger partial charge in [0, 0.05) is 13.1 Å². The van der Waals surface area contributed by atoms with E-state index < -0.39 is 28.5 Å². The molecule has 2 rings (SSSR count). The van der Waals surface area contributed by atoms with Gasteiger partial charge in [0.15, 0.2) is 0 Å². The van der Waals surface area contributed by atoms with Crippen LogP contribution in [0.15, 0.2) is 48.5 Å². The Hall–Kier alpha value is -3.07. The molecule has 2 amide bonds. The average molecular weight is 476 g/mol. The number of hydrogen-bond acceptors (Lipinski definition) is 5. The Morgan fingerprint density at radius 1 is 1.09 bits per heavy atom. The summed E-state index contributed by atoms with van der Waals surface area (Å²) in [4.78, 5) is 27.6. The first-order valence-electron chi connectivity index (χ1n) is 10.8. The number of para-hydroxylation sites is 2. The fourth-order valence-electron chi connectivity index (χ4n) is 3.30. The van der Waals surface area contributed by atoms with Crippen molar-refractivity contribution in [2.24, 2.45) is 0 Å². The third kappa shape index (κ3) is 7.21. The van der Waals surface area contributed by atoms with Gasteiger partial charge < -0.3 is 15.0 Å². The first-order chi connectivity index (χ1) is 15.6. The highest BCUT2D eigenvalue weighted by atomic mass is 32.2. The highest BCUT2D eigenvalue weighted by Crippen LogP contribution is 2.29. The number of aryl methyl sites for hydroxylation is 1. The van der Waals surface area contributed by atoms with Crippen LogP contribution in [0.5, 0.6) is 5.75 Å². The van der Waals surface area contributed by atoms with Crippen molar-refractivity contribution in [3.05, 3.63) is 59.7 Å². The quantitative estimate of drug-likeness (QED) is 0.539. The molecular weight excluding hydrogens is 442 g/mol. The molecule has 8 nitrogen and oxygen atoms in total. The minimum absolute atomic E-state index is 0.170. The Kier molecular flexibility index (Phi) is 9.28. The van der Waals surface area contributed by atoms with Crippen molar-refractivity contribution in [2.75, 3.05) is 30.8 Å². The number of nitrogens with zero attached hydrogens (tertiary/aromatic N) is 2. The van der Waals surface area contributed by atoms with Gasteiger partial charge in [-0.25, -0.2) is 8.42 Å². The predicted octanol–water partition coefficient (Wildman–Crippen LogP) is 2.71. The zero-order valence-electron chi connectivity index (χ0n) is 19.9. The second kappa shape index (κ2) is 11.7. The second-order valence-electron chi connectivity index (χ2n) is 7.92. The predicted molar refractivity (Wildman–Crippen MR) is 130 cm³/mol. The summed E-state index contributed by atoms with van der Waals surface area (Å²) in [5, 5.41) is 2.81. The molecule has 0 unspecified atom stereocenters. The normalized spacial score (nSPS) is 12.0. The van der Waals surface area contributed by atoms with Crippen LogP contribution in [0, 0.1) is 6.92 Å². The highest BCUT2D eigenvalue weighted by molar-refractivity contribution is 7.92. The summed E-state index contributed by atoms with van der Waals surface area (Å²) in [5.41, 5.74) is 2.17. The summed E-state index contributed by atoms with van der Waals surface area (Å²) < 4.78 is 31.6. The molecule has 0 heterocycles. The summed E-state index contributed by atoms with van der Waals surface area (Å²) >= 11 is 0. The van der Waals surface area contributed by atoms with Gasteiger partial charge in [-0.1, -0.05) is 48.9 Å². The van der Waals surface area contributed by atoms with Crippen molar-refractivity contribution < 1.29 is 22.7 Å². The number of hydrogen-bond donors (Lipinski definition) is 1. The van der Waals surface area contributed by atoms with Crippen LogP contribution in [-0.2, 0) is 26.2 Å². The number of carbonyl (C=O) groups is 2. The van der Waals surface area contributed by atoms with E-state index in [2.05, 4.69) is 5.32 Å². The number of benzene rings is 2. The maximum absolute atomic E-state index is 13.5. The molecule has 0 aromatic heterocycles. The smallest absolute Gasteiger partial charge is 0.244 e. The minimum atomic E-state index is -3.81. The Morgan fingerprint density at radius 3 is 2.30 bits per heavy atom. The van der Waals surface area contributed by atoms with Crippen LogP contribution >= 0.6 is 0 Å². The van der Waals surface area contributed by atoms with Gasteiger partial charge in [-0.15, -0.1) is 0 Å². The van der Waals surface area contributed by atoms with Gasteiger partial charge in [0.05, 0.1) is 19.1 Å². The van der Waals surface area contributed by atoms with Crippen LogP contribution in [0.4, 0.5) is 5.69 Å². The molecule has 1 N–H and O–H groups in total. The maximum Gasteiger partial charge on any atom is 0.244 e. The van der Waals surface area contributed by atoms with Crippen molar-refractivity contribution in [1.82, 2.24) is 10.2 Å². The van der Waals surface area contributed by atoms with Crippen LogP contribution in [0.1, 0.15) is 31.4 Å². The van der Waals surface area contributed by atoms with Gasteiger partial charge in [0.25, 0.3) is 0 Å². The van der Waals surface area contributed by atoms with Crippen LogP contribution in [0.3, 0.4) is 0 Å². The van der Waals surface area contributed by atoms with Gasteiger partial charge in [-0.2, -0.15) is 0 Å². The zero-order chi connectivity index (χ0) is 24.6. The maximum atomic E-state index is 13.5. The van der Waals surface area contributed by atoms with E-state index in [1.165, 1.54) is 12.0 Å². The number of methoxy groups -OCH3 is 1. The minimum Gasteiger partial charge on any atom is -0.495 e. The number of amides is 2. The largest absolute Gasteiger partial charge is 0.495 e. The summed E-state index contributed by atoms with van der Waals surface area (Å²) in [6.45, 7) is 5.75. The Balaban J connectivity index is 2.39. The third-order valence-corrected chi connectivity index (χ3v) is 6.35. The summed E-state index contributed by atoms with van der Waals surface area (Å²) in [5.74, 6) is -0.457. The fraction of sp³-hybridized carbons (Fsp3) is 0.417. The molecule has 180 valence electrons. The zero-order valence-corrected chi connectivity index (χ0v) is 20.7. The van der Waals surface area contributed by atoms with Crippen molar-refractivity contribution in [2.45, 2.75) is 39.8 Å². The van der Waals surface area contributed by atoms with Gasteiger partial charge in [0.2, 0.25) is 21.8 Å². The van der Waals surface area contributed by atoms with Crippen molar-refractivity contribution >= 4 is 27.5 Å². The summed E-state index contributed by atoms with van der Waals surface area (Å²) in [7, 11) is -2.38. The van der Waals surface area contributed by atoms with Gasteiger partial charge in [0.1, 0.15) is 18.3 Å². The van der Waals surface area contributed by atoms with Crippen LogP contribution in [-0.4, -0.2) is 57.6 Å². The van der Waals surface area contributed by atoms with E-state index >= 15 is 0 Å². The van der Waals surface area contributed by atoms with Crippen molar-refractivity contribution in [3.8, 4) is 5.75 Å². The average Bonchev–Trinajstić information content (AvgIpc) is 2.79. The lowest BCUT2D eigenvalue weighted by molar-refractivity contribution is -0.139. The standard InChI is InChI=1S/C24H33N3O5S/c1-6-15-25-24(29)19(3)26(16-20-13-11-18(2)12-14-20)23(28)17-27(33(5,30)31)21-9-7-8-10-22(21)32-4/h7-14,19H,6,15-17H2,1-5H3,(H,25,29)/t19-/m0/s1. The fourth-order valence-corrected chi connectivity index (χ4v) is 4.15. The SMILES string of the molecule is CCCNC(=O)[C@H](C)N(Cc1ccc(C)cc1)C(=O)CN(c1ccccc1OC)S(C)(=O)=O. The number of sulfonamides is 1. The van der Waals surface area contributed by atoms with Crippen LogP contribution in [0.25, 0.3) is 0 Å². The van der Waals surface area contributed by atoms with Crippen LogP contribution < -0.4 is 14.4 Å². The van der Waals surface area contributed by atoms with E-state index in [0.717, 1.165) is 28.1 Å². The molecule has 0 saturated heterocycles. The van der Waals surface area contributed by atoms with E-state index in [4.69, 9.17) is 4.74 Å². The van der Waals surface area contributed by atoms with Crippen molar-refractivity contribution in [3.63, 3.8) is 0 Å². The molecule has 0 aliphatic rings. The van der Waals surface area contributed by atoms with Gasteiger partial charge in [-0.3, -0.25) is 13.9 Å². The number of ether oxygens (including phenoxy) is 1.